The molecular formula is C28H22FN7O. The van der Waals surface area contributed by atoms with Gasteiger partial charge in [0.2, 0.25) is 5.91 Å². The van der Waals surface area contributed by atoms with E-state index in [0.717, 1.165) is 38.8 Å². The number of nitrogens with one attached hydrogen (secondary N) is 3. The minimum atomic E-state index is -0.312. The van der Waals surface area contributed by atoms with Crippen molar-refractivity contribution in [3.63, 3.8) is 0 Å². The van der Waals surface area contributed by atoms with Gasteiger partial charge in [-0.05, 0) is 36.4 Å². The summed E-state index contributed by atoms with van der Waals surface area (Å²) >= 11 is 0. The van der Waals surface area contributed by atoms with Gasteiger partial charge in [0.05, 0.1) is 40.7 Å². The molecule has 6 aromatic rings. The molecule has 1 amide bonds. The molecule has 0 saturated heterocycles. The maximum Gasteiger partial charge on any atom is 0.226 e. The van der Waals surface area contributed by atoms with Crippen molar-refractivity contribution in [1.82, 2.24) is 30.1 Å². The number of halogens is 1. The predicted molar refractivity (Wildman–Crippen MR) is 141 cm³/mol. The van der Waals surface area contributed by atoms with Crippen LogP contribution >= 0.6 is 0 Å². The van der Waals surface area contributed by atoms with E-state index in [0.29, 0.717) is 22.6 Å². The van der Waals surface area contributed by atoms with Gasteiger partial charge >= 0.3 is 0 Å². The molecule has 3 N–H and O–H groups in total. The highest BCUT2D eigenvalue weighted by Crippen LogP contribution is 2.34. The number of anilines is 1. The number of rotatable bonds is 5. The van der Waals surface area contributed by atoms with E-state index >= 15 is 0 Å². The predicted octanol–water partition coefficient (Wildman–Crippen LogP) is 5.96. The Morgan fingerprint density at radius 1 is 0.919 bits per heavy atom. The number of carbonyl (C=O) groups is 1. The highest BCUT2D eigenvalue weighted by atomic mass is 19.1. The summed E-state index contributed by atoms with van der Waals surface area (Å²) < 4.78 is 13.9. The average molecular weight is 492 g/mol. The summed E-state index contributed by atoms with van der Waals surface area (Å²) in [5.74, 6) is -0.530. The number of H-pyrrole nitrogens is 2. The normalized spacial score (nSPS) is 11.5. The van der Waals surface area contributed by atoms with Crippen LogP contribution in [0.3, 0.4) is 0 Å². The summed E-state index contributed by atoms with van der Waals surface area (Å²) in [5.41, 5.74) is 6.62. The third kappa shape index (κ3) is 4.20. The van der Waals surface area contributed by atoms with Gasteiger partial charge in [0.1, 0.15) is 11.5 Å². The van der Waals surface area contributed by atoms with E-state index in [2.05, 4.69) is 35.5 Å². The van der Waals surface area contributed by atoms with Crippen molar-refractivity contribution in [1.29, 1.82) is 0 Å². The van der Waals surface area contributed by atoms with Crippen LogP contribution in [0.2, 0.25) is 0 Å². The van der Waals surface area contributed by atoms with Gasteiger partial charge in [-0.3, -0.25) is 24.8 Å². The molecule has 9 heteroatoms. The Morgan fingerprint density at radius 2 is 1.78 bits per heavy atom. The van der Waals surface area contributed by atoms with Crippen LogP contribution in [0.1, 0.15) is 13.8 Å². The number of pyridine rings is 3. The molecule has 0 aliphatic carbocycles. The summed E-state index contributed by atoms with van der Waals surface area (Å²) in [6, 6.07) is 14.0. The largest absolute Gasteiger partial charge is 0.353 e. The van der Waals surface area contributed by atoms with Crippen molar-refractivity contribution in [2.45, 2.75) is 13.8 Å². The zero-order valence-electron chi connectivity index (χ0n) is 20.1. The lowest BCUT2D eigenvalue weighted by molar-refractivity contribution is -0.118. The Bertz CT molecular complexity index is 1790. The van der Waals surface area contributed by atoms with Crippen molar-refractivity contribution in [3.8, 4) is 33.9 Å². The van der Waals surface area contributed by atoms with E-state index in [1.807, 2.05) is 44.2 Å². The topological polar surface area (TPSA) is 112 Å². The Kier molecular flexibility index (Phi) is 5.45. The standard InChI is InChI=1S/C28H22FN7O/c1-15(2)28(37)33-19-9-17(12-30-13-19)23-10-21-25(14-32-23)35-36-27(21)24-11-20-22(34-24)6-7-31-26(20)16-4-3-5-18(29)8-16/h3-15,34H,1-2H3,(H,33,37)(H,35,36). The Hall–Kier alpha value is -4.92. The quantitative estimate of drug-likeness (QED) is 0.275. The first kappa shape index (κ1) is 22.5. The lowest BCUT2D eigenvalue weighted by Gasteiger charge is -2.08. The highest BCUT2D eigenvalue weighted by Gasteiger charge is 2.16. The van der Waals surface area contributed by atoms with Gasteiger partial charge in [0, 0.05) is 45.7 Å². The maximum absolute atomic E-state index is 13.9. The summed E-state index contributed by atoms with van der Waals surface area (Å²) in [7, 11) is 0. The second-order valence-electron chi connectivity index (χ2n) is 9.11. The fraction of sp³-hybridized carbons (Fsp3) is 0.107. The zero-order chi connectivity index (χ0) is 25.5. The SMILES string of the molecule is CC(C)C(=O)Nc1cncc(-c2cc3c(-c4cc5c(-c6cccc(F)c6)nccc5[nH]4)n[nH]c3cn2)c1. The Labute approximate surface area is 211 Å². The number of carbonyl (C=O) groups excluding carboxylic acids is 1. The molecule has 8 nitrogen and oxygen atoms in total. The third-order valence-corrected chi connectivity index (χ3v) is 6.17. The summed E-state index contributed by atoms with van der Waals surface area (Å²) in [5, 5.41) is 12.2. The molecule has 182 valence electrons. The molecule has 1 aromatic carbocycles. The Morgan fingerprint density at radius 3 is 2.62 bits per heavy atom. The monoisotopic (exact) mass is 491 g/mol. The van der Waals surface area contributed by atoms with Crippen LogP contribution in [0.4, 0.5) is 10.1 Å². The molecule has 0 radical (unpaired) electrons. The number of hydrogen-bond acceptors (Lipinski definition) is 5. The molecule has 6 rings (SSSR count). The molecule has 0 saturated carbocycles. The van der Waals surface area contributed by atoms with Crippen LogP contribution in [0.5, 0.6) is 0 Å². The van der Waals surface area contributed by atoms with Crippen LogP contribution in [0.15, 0.2) is 73.3 Å². The molecule has 0 spiro atoms. The van der Waals surface area contributed by atoms with E-state index in [-0.39, 0.29) is 17.6 Å². The molecular weight excluding hydrogens is 469 g/mol. The van der Waals surface area contributed by atoms with E-state index in [1.165, 1.54) is 12.1 Å². The van der Waals surface area contributed by atoms with Gasteiger partial charge < -0.3 is 10.3 Å². The van der Waals surface area contributed by atoms with Gasteiger partial charge in [-0.2, -0.15) is 5.10 Å². The summed E-state index contributed by atoms with van der Waals surface area (Å²) in [6.45, 7) is 3.67. The van der Waals surface area contributed by atoms with Crippen molar-refractivity contribution in [3.05, 3.63) is 79.1 Å². The van der Waals surface area contributed by atoms with E-state index in [9.17, 15) is 9.18 Å². The molecule has 0 bridgehead atoms. The molecule has 0 aliphatic heterocycles. The van der Waals surface area contributed by atoms with E-state index in [4.69, 9.17) is 0 Å². The van der Waals surface area contributed by atoms with Gasteiger partial charge in [-0.15, -0.1) is 0 Å². The number of hydrogen-bond donors (Lipinski definition) is 3. The van der Waals surface area contributed by atoms with Crippen molar-refractivity contribution in [2.75, 3.05) is 5.32 Å². The van der Waals surface area contributed by atoms with E-state index < -0.39 is 0 Å². The number of benzene rings is 1. The first-order chi connectivity index (χ1) is 18.0. The second kappa shape index (κ2) is 8.94. The number of aromatic nitrogens is 6. The lowest BCUT2D eigenvalue weighted by Crippen LogP contribution is -2.17. The first-order valence-corrected chi connectivity index (χ1v) is 11.8. The molecule has 37 heavy (non-hydrogen) atoms. The zero-order valence-corrected chi connectivity index (χ0v) is 20.1. The summed E-state index contributed by atoms with van der Waals surface area (Å²) in [4.78, 5) is 28.9. The molecule has 0 atom stereocenters. The minimum Gasteiger partial charge on any atom is -0.353 e. The fourth-order valence-electron chi connectivity index (χ4n) is 4.26. The Balaban J connectivity index is 1.41. The molecule has 0 fully saturated rings. The lowest BCUT2D eigenvalue weighted by atomic mass is 10.1. The maximum atomic E-state index is 13.9. The average Bonchev–Trinajstić information content (AvgIpc) is 3.52. The first-order valence-electron chi connectivity index (χ1n) is 11.8. The van der Waals surface area contributed by atoms with Gasteiger partial charge in [0.15, 0.2) is 0 Å². The van der Waals surface area contributed by atoms with Gasteiger partial charge in [0.25, 0.3) is 0 Å². The highest BCUT2D eigenvalue weighted by molar-refractivity contribution is 6.00. The van der Waals surface area contributed by atoms with Crippen LogP contribution in [0, 0.1) is 11.7 Å². The van der Waals surface area contributed by atoms with E-state index in [1.54, 1.807) is 30.9 Å². The van der Waals surface area contributed by atoms with Gasteiger partial charge in [-0.25, -0.2) is 4.39 Å². The fourth-order valence-corrected chi connectivity index (χ4v) is 4.26. The molecule has 5 aromatic heterocycles. The molecule has 5 heterocycles. The number of nitrogens with zero attached hydrogens (tertiary/aromatic N) is 4. The second-order valence-corrected chi connectivity index (χ2v) is 9.11. The molecule has 0 unspecified atom stereocenters. The molecule has 0 aliphatic rings. The van der Waals surface area contributed by atoms with Crippen molar-refractivity contribution in [2.24, 2.45) is 5.92 Å². The number of fused-ring (bicyclic) bond motifs is 2. The van der Waals surface area contributed by atoms with Crippen LogP contribution in [-0.2, 0) is 4.79 Å². The third-order valence-electron chi connectivity index (χ3n) is 6.17. The van der Waals surface area contributed by atoms with Crippen molar-refractivity contribution >= 4 is 33.4 Å². The summed E-state index contributed by atoms with van der Waals surface area (Å²) in [6.07, 6.45) is 6.74. The van der Waals surface area contributed by atoms with Gasteiger partial charge in [-0.1, -0.05) is 26.0 Å². The number of amides is 1. The smallest absolute Gasteiger partial charge is 0.226 e. The minimum absolute atomic E-state index is 0.0783. The van der Waals surface area contributed by atoms with Crippen LogP contribution < -0.4 is 5.32 Å². The van der Waals surface area contributed by atoms with Crippen LogP contribution in [-0.4, -0.2) is 36.0 Å². The number of aromatic amines is 2. The van der Waals surface area contributed by atoms with Crippen LogP contribution in [0.25, 0.3) is 55.7 Å². The van der Waals surface area contributed by atoms with Crippen molar-refractivity contribution < 1.29 is 9.18 Å².